The molecule has 0 radical (unpaired) electrons. The van der Waals surface area contributed by atoms with Crippen molar-refractivity contribution in [1.82, 2.24) is 5.32 Å². The number of alkyl halides is 2. The van der Waals surface area contributed by atoms with Crippen molar-refractivity contribution >= 4 is 5.91 Å². The summed E-state index contributed by atoms with van der Waals surface area (Å²) in [6, 6.07) is 3.58. The Morgan fingerprint density at radius 2 is 2.00 bits per heavy atom. The molecule has 1 aromatic carbocycles. The Kier molecular flexibility index (Phi) is 4.19. The molecule has 0 atom stereocenters. The molecular formula is C13H15F2NO3. The van der Waals surface area contributed by atoms with Gasteiger partial charge < -0.3 is 15.2 Å². The molecule has 0 unspecified atom stereocenters. The van der Waals surface area contributed by atoms with Gasteiger partial charge in [0.2, 0.25) is 0 Å². The molecule has 0 spiro atoms. The van der Waals surface area contributed by atoms with Crippen molar-refractivity contribution in [2.75, 3.05) is 0 Å². The number of ether oxygens (including phenoxy) is 1. The zero-order valence-corrected chi connectivity index (χ0v) is 10.2. The predicted octanol–water partition coefficient (Wildman–Crippen LogP) is 2.67. The average molecular weight is 271 g/mol. The molecule has 4 nitrogen and oxygen atoms in total. The van der Waals surface area contributed by atoms with Crippen LogP contribution in [0.25, 0.3) is 0 Å². The van der Waals surface area contributed by atoms with Crippen LogP contribution in [0.1, 0.15) is 36.0 Å². The van der Waals surface area contributed by atoms with Crippen LogP contribution in [0, 0.1) is 0 Å². The van der Waals surface area contributed by atoms with E-state index in [2.05, 4.69) is 10.1 Å². The van der Waals surface area contributed by atoms with Gasteiger partial charge in [0.05, 0.1) is 0 Å². The molecule has 6 heteroatoms. The maximum atomic E-state index is 12.1. The van der Waals surface area contributed by atoms with Crippen LogP contribution in [0.4, 0.5) is 8.78 Å². The molecule has 2 rings (SSSR count). The van der Waals surface area contributed by atoms with Crippen molar-refractivity contribution in [2.24, 2.45) is 0 Å². The van der Waals surface area contributed by atoms with Gasteiger partial charge in [-0.05, 0) is 25.0 Å². The van der Waals surface area contributed by atoms with E-state index >= 15 is 0 Å². The molecule has 1 amide bonds. The summed E-state index contributed by atoms with van der Waals surface area (Å²) in [5, 5.41) is 12.2. The van der Waals surface area contributed by atoms with Crippen LogP contribution in [-0.2, 0) is 0 Å². The highest BCUT2D eigenvalue weighted by atomic mass is 19.3. The smallest absolute Gasteiger partial charge is 0.387 e. The summed E-state index contributed by atoms with van der Waals surface area (Å²) in [6.45, 7) is -2.99. The Balaban J connectivity index is 2.09. The molecule has 1 saturated carbocycles. The van der Waals surface area contributed by atoms with E-state index in [1.54, 1.807) is 0 Å². The molecule has 0 saturated heterocycles. The lowest BCUT2D eigenvalue weighted by Gasteiger charge is -2.13. The topological polar surface area (TPSA) is 58.6 Å². The predicted molar refractivity (Wildman–Crippen MR) is 64.5 cm³/mol. The van der Waals surface area contributed by atoms with Crippen molar-refractivity contribution in [1.29, 1.82) is 0 Å². The highest BCUT2D eigenvalue weighted by molar-refractivity contribution is 5.95. The van der Waals surface area contributed by atoms with Crippen LogP contribution < -0.4 is 10.1 Å². The summed E-state index contributed by atoms with van der Waals surface area (Å²) in [5.74, 6) is -0.900. The minimum Gasteiger partial charge on any atom is -0.508 e. The van der Waals surface area contributed by atoms with Gasteiger partial charge >= 0.3 is 6.61 Å². The van der Waals surface area contributed by atoms with Gasteiger partial charge in [-0.3, -0.25) is 4.79 Å². The Morgan fingerprint density at radius 3 is 2.63 bits per heavy atom. The molecule has 1 aromatic rings. The fourth-order valence-corrected chi connectivity index (χ4v) is 2.22. The summed E-state index contributed by atoms with van der Waals surface area (Å²) in [5.41, 5.74) is 0.113. The molecule has 2 N–H and O–H groups in total. The lowest BCUT2D eigenvalue weighted by Crippen LogP contribution is -2.32. The van der Waals surface area contributed by atoms with Crippen LogP contribution in [0.2, 0.25) is 0 Å². The monoisotopic (exact) mass is 271 g/mol. The molecule has 0 heterocycles. The molecule has 104 valence electrons. The first-order valence-corrected chi connectivity index (χ1v) is 6.14. The van der Waals surface area contributed by atoms with E-state index in [0.717, 1.165) is 31.7 Å². The second-order valence-electron chi connectivity index (χ2n) is 4.55. The van der Waals surface area contributed by atoms with Gasteiger partial charge in [0, 0.05) is 17.7 Å². The Bertz CT molecular complexity index is 459. The van der Waals surface area contributed by atoms with Gasteiger partial charge in [0.15, 0.2) is 0 Å². The van der Waals surface area contributed by atoms with Crippen LogP contribution in [-0.4, -0.2) is 23.7 Å². The molecule has 0 aromatic heterocycles. The fourth-order valence-electron chi connectivity index (χ4n) is 2.22. The number of phenolic OH excluding ortho intramolecular Hbond substituents is 1. The van der Waals surface area contributed by atoms with Gasteiger partial charge in [-0.2, -0.15) is 8.78 Å². The number of benzene rings is 1. The molecular weight excluding hydrogens is 256 g/mol. The number of carbonyl (C=O) groups excluding carboxylic acids is 1. The third-order valence-electron chi connectivity index (χ3n) is 3.07. The number of hydrogen-bond donors (Lipinski definition) is 2. The first-order chi connectivity index (χ1) is 9.04. The van der Waals surface area contributed by atoms with Crippen LogP contribution in [0.15, 0.2) is 18.2 Å². The molecule has 1 aliphatic rings. The number of amides is 1. The van der Waals surface area contributed by atoms with Crippen LogP contribution >= 0.6 is 0 Å². The van der Waals surface area contributed by atoms with E-state index in [4.69, 9.17) is 0 Å². The van der Waals surface area contributed by atoms with Gasteiger partial charge in [-0.1, -0.05) is 12.8 Å². The van der Waals surface area contributed by atoms with Gasteiger partial charge in [-0.15, -0.1) is 0 Å². The normalized spacial score (nSPS) is 15.7. The average Bonchev–Trinajstić information content (AvgIpc) is 2.80. The standard InChI is InChI=1S/C13H15F2NO3/c14-13(15)19-11-6-8(5-10(17)7-11)12(18)16-9-3-1-2-4-9/h5-7,9,13,17H,1-4H2,(H,16,18). The van der Waals surface area contributed by atoms with Crippen molar-refractivity contribution in [2.45, 2.75) is 38.3 Å². The van der Waals surface area contributed by atoms with E-state index in [1.165, 1.54) is 12.1 Å². The minimum absolute atomic E-state index is 0.113. The number of aromatic hydroxyl groups is 1. The lowest BCUT2D eigenvalue weighted by atomic mass is 10.1. The largest absolute Gasteiger partial charge is 0.508 e. The third-order valence-corrected chi connectivity index (χ3v) is 3.07. The number of phenols is 1. The third kappa shape index (κ3) is 3.81. The quantitative estimate of drug-likeness (QED) is 0.885. The summed E-state index contributed by atoms with van der Waals surface area (Å²) < 4.78 is 28.4. The first kappa shape index (κ1) is 13.6. The lowest BCUT2D eigenvalue weighted by molar-refractivity contribution is -0.0499. The number of nitrogens with one attached hydrogen (secondary N) is 1. The second-order valence-corrected chi connectivity index (χ2v) is 4.55. The Labute approximate surface area is 109 Å². The highest BCUT2D eigenvalue weighted by Gasteiger charge is 2.19. The van der Waals surface area contributed by atoms with Gasteiger partial charge in [0.25, 0.3) is 5.91 Å². The number of halogens is 2. The van der Waals surface area contributed by atoms with E-state index in [0.29, 0.717) is 0 Å². The summed E-state index contributed by atoms with van der Waals surface area (Å²) in [4.78, 5) is 11.9. The zero-order valence-electron chi connectivity index (χ0n) is 10.2. The summed E-state index contributed by atoms with van der Waals surface area (Å²) in [6.07, 6.45) is 3.99. The fraction of sp³-hybridized carbons (Fsp3) is 0.462. The number of rotatable bonds is 4. The van der Waals surface area contributed by atoms with Gasteiger partial charge in [-0.25, -0.2) is 0 Å². The summed E-state index contributed by atoms with van der Waals surface area (Å²) in [7, 11) is 0. The highest BCUT2D eigenvalue weighted by Crippen LogP contribution is 2.24. The minimum atomic E-state index is -2.99. The van der Waals surface area contributed by atoms with Crippen molar-refractivity contribution in [3.63, 3.8) is 0 Å². The number of hydrogen-bond acceptors (Lipinski definition) is 3. The molecule has 1 fully saturated rings. The van der Waals surface area contributed by atoms with E-state index in [-0.39, 0.29) is 29.0 Å². The maximum absolute atomic E-state index is 12.1. The molecule has 19 heavy (non-hydrogen) atoms. The van der Waals surface area contributed by atoms with E-state index in [1.807, 2.05) is 0 Å². The molecule has 1 aliphatic carbocycles. The van der Waals surface area contributed by atoms with Crippen molar-refractivity contribution < 1.29 is 23.4 Å². The number of carbonyl (C=O) groups is 1. The molecule has 0 aliphatic heterocycles. The van der Waals surface area contributed by atoms with Crippen molar-refractivity contribution in [3.05, 3.63) is 23.8 Å². The Morgan fingerprint density at radius 1 is 1.32 bits per heavy atom. The van der Waals surface area contributed by atoms with E-state index in [9.17, 15) is 18.7 Å². The maximum Gasteiger partial charge on any atom is 0.387 e. The Hall–Kier alpha value is -1.85. The van der Waals surface area contributed by atoms with Crippen LogP contribution in [0.5, 0.6) is 11.5 Å². The van der Waals surface area contributed by atoms with Gasteiger partial charge in [0.1, 0.15) is 11.5 Å². The van der Waals surface area contributed by atoms with E-state index < -0.39 is 6.61 Å². The van der Waals surface area contributed by atoms with Crippen molar-refractivity contribution in [3.8, 4) is 11.5 Å². The second kappa shape index (κ2) is 5.86. The summed E-state index contributed by atoms with van der Waals surface area (Å²) >= 11 is 0. The zero-order chi connectivity index (χ0) is 13.8. The SMILES string of the molecule is O=C(NC1CCCC1)c1cc(O)cc(OC(F)F)c1. The van der Waals surface area contributed by atoms with Crippen LogP contribution in [0.3, 0.4) is 0 Å². The first-order valence-electron chi connectivity index (χ1n) is 6.14. The molecule has 0 bridgehead atoms.